The zero-order chi connectivity index (χ0) is 19.1. The predicted molar refractivity (Wildman–Crippen MR) is 118 cm³/mol. The molecule has 27 heavy (non-hydrogen) atoms. The first-order valence-electron chi connectivity index (χ1n) is 9.60. The normalized spacial score (nSPS) is 19.8. The highest BCUT2D eigenvalue weighted by Crippen LogP contribution is 2.38. The number of hydrogen-bond donors (Lipinski definition) is 0. The molecule has 1 nitrogen and oxygen atoms in total. The Morgan fingerprint density at radius 3 is 2.52 bits per heavy atom. The summed E-state index contributed by atoms with van der Waals surface area (Å²) in [6.07, 6.45) is 7.58. The van der Waals surface area contributed by atoms with Crippen molar-refractivity contribution in [1.82, 2.24) is 0 Å². The summed E-state index contributed by atoms with van der Waals surface area (Å²) < 4.78 is 0. The summed E-state index contributed by atoms with van der Waals surface area (Å²) in [6.45, 7) is 8.65. The van der Waals surface area contributed by atoms with Gasteiger partial charge >= 0.3 is 0 Å². The van der Waals surface area contributed by atoms with E-state index in [9.17, 15) is 0 Å². The van der Waals surface area contributed by atoms with Gasteiger partial charge in [0, 0.05) is 21.5 Å². The number of fused-ring (bicyclic) bond motifs is 4. The summed E-state index contributed by atoms with van der Waals surface area (Å²) in [6, 6.07) is 13.0. The zero-order valence-corrected chi connectivity index (χ0v) is 17.4. The Kier molecular flexibility index (Phi) is 4.61. The lowest BCUT2D eigenvalue weighted by Gasteiger charge is -2.08. The average molecular weight is 367 g/mol. The fraction of sp³-hybridized carbons (Fsp3) is 0.240. The first-order chi connectivity index (χ1) is 13.0. The van der Waals surface area contributed by atoms with E-state index in [2.05, 4.69) is 97.6 Å². The second-order valence-corrected chi connectivity index (χ2v) is 8.00. The molecule has 1 heterocycles. The molecule has 2 aromatic rings. The molecule has 1 unspecified atom stereocenters. The Bertz CT molecular complexity index is 1090. The number of aliphatic imine (C=N–C) groups is 1. The summed E-state index contributed by atoms with van der Waals surface area (Å²) in [7, 11) is 3.77. The van der Waals surface area contributed by atoms with E-state index in [1.54, 1.807) is 0 Å². The van der Waals surface area contributed by atoms with Gasteiger partial charge in [-0.25, -0.2) is 0 Å². The van der Waals surface area contributed by atoms with E-state index in [1.165, 1.54) is 55.6 Å². The molecule has 0 fully saturated rings. The van der Waals surface area contributed by atoms with Crippen LogP contribution in [0.3, 0.4) is 0 Å². The van der Waals surface area contributed by atoms with Crippen molar-refractivity contribution in [2.75, 3.05) is 0 Å². The Labute approximate surface area is 165 Å². The summed E-state index contributed by atoms with van der Waals surface area (Å²) >= 11 is 0. The zero-order valence-electron chi connectivity index (χ0n) is 16.4. The van der Waals surface area contributed by atoms with Gasteiger partial charge in [-0.05, 0) is 71.9 Å². The third kappa shape index (κ3) is 2.98. The molecular weight excluding hydrogens is 342 g/mol. The standard InChI is InChI=1S/C14H11Si.C11H13N/c1-9-8-13-11-5-3-2-4-10(11)6-7-12(13)14(9)15;1-4-9-8(3)11-7(2)5-6-10(11)12-9/h2-8,14H,1H3;5-6H,4H2,1-3H3. The van der Waals surface area contributed by atoms with Gasteiger partial charge in [-0.15, -0.1) is 0 Å². The van der Waals surface area contributed by atoms with Crippen LogP contribution in [-0.4, -0.2) is 16.0 Å². The molecule has 3 aliphatic rings. The molecule has 0 saturated carbocycles. The molecule has 133 valence electrons. The van der Waals surface area contributed by atoms with Crippen molar-refractivity contribution in [3.8, 4) is 0 Å². The molecule has 1 atom stereocenters. The van der Waals surface area contributed by atoms with Gasteiger partial charge < -0.3 is 0 Å². The van der Waals surface area contributed by atoms with Crippen molar-refractivity contribution in [1.29, 1.82) is 0 Å². The summed E-state index contributed by atoms with van der Waals surface area (Å²) in [5, 5.41) is 2.68. The van der Waals surface area contributed by atoms with Crippen molar-refractivity contribution >= 4 is 32.8 Å². The van der Waals surface area contributed by atoms with Gasteiger partial charge in [0.15, 0.2) is 0 Å². The summed E-state index contributed by atoms with van der Waals surface area (Å²) in [5.74, 6) is 0. The third-order valence-electron chi connectivity index (χ3n) is 5.68. The number of nitrogens with zero attached hydrogens (tertiary/aromatic N) is 1. The van der Waals surface area contributed by atoms with Crippen LogP contribution in [0.1, 0.15) is 50.8 Å². The van der Waals surface area contributed by atoms with Crippen LogP contribution in [-0.2, 0) is 0 Å². The molecule has 0 amide bonds. The number of benzene rings is 2. The van der Waals surface area contributed by atoms with Gasteiger partial charge in [0.1, 0.15) is 0 Å². The largest absolute Gasteiger partial charge is 0.253 e. The number of rotatable bonds is 1. The van der Waals surface area contributed by atoms with Crippen molar-refractivity contribution < 1.29 is 0 Å². The lowest BCUT2D eigenvalue weighted by atomic mass is 10.0. The monoisotopic (exact) mass is 366 g/mol. The molecule has 2 heteroatoms. The van der Waals surface area contributed by atoms with Crippen molar-refractivity contribution in [3.63, 3.8) is 0 Å². The molecule has 1 aliphatic heterocycles. The average Bonchev–Trinajstić information content (AvgIpc) is 3.30. The van der Waals surface area contributed by atoms with Gasteiger partial charge in [0.05, 0.1) is 5.70 Å². The quantitative estimate of drug-likeness (QED) is 0.512. The number of hydrogen-bond acceptors (Lipinski definition) is 1. The van der Waals surface area contributed by atoms with E-state index < -0.39 is 0 Å². The molecule has 0 bridgehead atoms. The van der Waals surface area contributed by atoms with E-state index in [-0.39, 0.29) is 0 Å². The molecular formula is C25H24NSi. The van der Waals surface area contributed by atoms with E-state index in [1.807, 2.05) is 0 Å². The lowest BCUT2D eigenvalue weighted by Crippen LogP contribution is -1.95. The fourth-order valence-electron chi connectivity index (χ4n) is 4.15. The van der Waals surface area contributed by atoms with Crippen LogP contribution in [0.25, 0.3) is 16.8 Å². The maximum absolute atomic E-state index is 4.55. The summed E-state index contributed by atoms with van der Waals surface area (Å²) in [4.78, 5) is 4.55. The lowest BCUT2D eigenvalue weighted by molar-refractivity contribution is 1.14. The smallest absolute Gasteiger partial charge is 0.0711 e. The van der Waals surface area contributed by atoms with Gasteiger partial charge in [-0.3, -0.25) is 4.99 Å². The Hall–Kier alpha value is -2.45. The first kappa shape index (κ1) is 17.9. The Balaban J connectivity index is 0.000000137. The third-order valence-corrected chi connectivity index (χ3v) is 6.45. The highest BCUT2D eigenvalue weighted by molar-refractivity contribution is 6.17. The van der Waals surface area contributed by atoms with Gasteiger partial charge in [-0.1, -0.05) is 61.0 Å². The Morgan fingerprint density at radius 2 is 1.78 bits per heavy atom. The SMILES string of the molecule is CC1=Cc2c(ccc3ccccc23)C1[Si].CCC1=NC2=CC=C(C)C2=C1C. The van der Waals surface area contributed by atoms with Crippen LogP contribution in [0.4, 0.5) is 0 Å². The maximum Gasteiger partial charge on any atom is 0.0711 e. The molecule has 0 spiro atoms. The molecule has 0 saturated heterocycles. The molecule has 3 radical (unpaired) electrons. The molecule has 0 aromatic heterocycles. The van der Waals surface area contributed by atoms with Crippen LogP contribution in [0.2, 0.25) is 0 Å². The number of allylic oxidation sites excluding steroid dienone is 5. The van der Waals surface area contributed by atoms with Crippen LogP contribution >= 0.6 is 0 Å². The highest BCUT2D eigenvalue weighted by Gasteiger charge is 2.22. The fourth-order valence-corrected chi connectivity index (χ4v) is 4.49. The summed E-state index contributed by atoms with van der Waals surface area (Å²) in [5.41, 5.74) is 11.1. The second kappa shape index (κ2) is 6.93. The topological polar surface area (TPSA) is 12.4 Å². The van der Waals surface area contributed by atoms with Crippen LogP contribution < -0.4 is 0 Å². The van der Waals surface area contributed by atoms with E-state index >= 15 is 0 Å². The van der Waals surface area contributed by atoms with Crippen LogP contribution in [0.5, 0.6) is 0 Å². The minimum atomic E-state index is 0.393. The second-order valence-electron chi connectivity index (χ2n) is 7.42. The van der Waals surface area contributed by atoms with Gasteiger partial charge in [-0.2, -0.15) is 0 Å². The van der Waals surface area contributed by atoms with E-state index in [4.69, 9.17) is 0 Å². The van der Waals surface area contributed by atoms with Gasteiger partial charge in [0.2, 0.25) is 0 Å². The minimum absolute atomic E-state index is 0.393. The van der Waals surface area contributed by atoms with E-state index in [0.29, 0.717) is 5.54 Å². The van der Waals surface area contributed by atoms with Crippen LogP contribution in [0.15, 0.2) is 81.5 Å². The van der Waals surface area contributed by atoms with Crippen molar-refractivity contribution in [2.45, 2.75) is 39.7 Å². The first-order valence-corrected chi connectivity index (χ1v) is 10.2. The van der Waals surface area contributed by atoms with Crippen molar-refractivity contribution in [3.05, 3.63) is 87.7 Å². The molecule has 2 aromatic carbocycles. The van der Waals surface area contributed by atoms with Crippen LogP contribution in [0, 0.1) is 0 Å². The molecule has 0 N–H and O–H groups in total. The predicted octanol–water partition coefficient (Wildman–Crippen LogP) is 6.48. The van der Waals surface area contributed by atoms with Crippen molar-refractivity contribution in [2.24, 2.45) is 4.99 Å². The molecule has 2 aliphatic carbocycles. The minimum Gasteiger partial charge on any atom is -0.253 e. The molecule has 5 rings (SSSR count). The Morgan fingerprint density at radius 1 is 1.00 bits per heavy atom. The highest BCUT2D eigenvalue weighted by atomic mass is 28.1. The van der Waals surface area contributed by atoms with Gasteiger partial charge in [0.25, 0.3) is 0 Å². The maximum atomic E-state index is 4.55. The van der Waals surface area contributed by atoms with E-state index in [0.717, 1.165) is 6.42 Å².